The first kappa shape index (κ1) is 13.2. The van der Waals surface area contributed by atoms with Crippen molar-refractivity contribution in [2.45, 2.75) is 33.2 Å². The number of nitriles is 1. The third kappa shape index (κ3) is 2.47. The molecule has 0 saturated carbocycles. The largest absolute Gasteiger partial charge is 0.368 e. The van der Waals surface area contributed by atoms with E-state index < -0.39 is 0 Å². The molecule has 0 spiro atoms. The van der Waals surface area contributed by atoms with Gasteiger partial charge in [-0.3, -0.25) is 0 Å². The number of halogens is 1. The molecule has 2 nitrogen and oxygen atoms in total. The van der Waals surface area contributed by atoms with E-state index in [-0.39, 0.29) is 0 Å². The standard InChI is InChI=1S/C15H19ClN2/c1-10-6-11(2)12(3)18(9-10)14-5-4-13(8-17)15(16)7-14/h4-5,7,10-12H,6,9H2,1-3H3. The summed E-state index contributed by atoms with van der Waals surface area (Å²) in [6.07, 6.45) is 1.28. The van der Waals surface area contributed by atoms with E-state index in [1.807, 2.05) is 18.2 Å². The van der Waals surface area contributed by atoms with Crippen LogP contribution >= 0.6 is 11.6 Å². The molecule has 0 radical (unpaired) electrons. The second-order valence-corrected chi connectivity index (χ2v) is 5.89. The molecule has 0 aliphatic carbocycles. The van der Waals surface area contributed by atoms with E-state index in [0.717, 1.165) is 12.2 Å². The van der Waals surface area contributed by atoms with E-state index in [1.165, 1.54) is 6.42 Å². The van der Waals surface area contributed by atoms with Gasteiger partial charge in [0.25, 0.3) is 0 Å². The summed E-state index contributed by atoms with van der Waals surface area (Å²) in [4.78, 5) is 2.41. The molecule has 1 aliphatic heterocycles. The zero-order valence-electron chi connectivity index (χ0n) is 11.2. The normalized spacial score (nSPS) is 27.9. The van der Waals surface area contributed by atoms with Crippen molar-refractivity contribution in [2.24, 2.45) is 11.8 Å². The Labute approximate surface area is 114 Å². The van der Waals surface area contributed by atoms with Gasteiger partial charge in [-0.25, -0.2) is 0 Å². The third-order valence-electron chi connectivity index (χ3n) is 4.00. The Morgan fingerprint density at radius 2 is 2.06 bits per heavy atom. The van der Waals surface area contributed by atoms with Crippen molar-refractivity contribution in [2.75, 3.05) is 11.4 Å². The van der Waals surface area contributed by atoms with Gasteiger partial charge in [-0.2, -0.15) is 5.26 Å². The predicted molar refractivity (Wildman–Crippen MR) is 75.9 cm³/mol. The maximum absolute atomic E-state index is 8.91. The highest BCUT2D eigenvalue weighted by atomic mass is 35.5. The number of nitrogens with zero attached hydrogens (tertiary/aromatic N) is 2. The molecule has 2 rings (SSSR count). The van der Waals surface area contributed by atoms with Gasteiger partial charge in [0, 0.05) is 18.3 Å². The highest BCUT2D eigenvalue weighted by molar-refractivity contribution is 6.32. The minimum atomic E-state index is 0.519. The lowest BCUT2D eigenvalue weighted by Crippen LogP contribution is -2.45. The smallest absolute Gasteiger partial charge is 0.101 e. The zero-order chi connectivity index (χ0) is 13.3. The Morgan fingerprint density at radius 1 is 1.33 bits per heavy atom. The molecule has 1 aromatic rings. The van der Waals surface area contributed by atoms with Gasteiger partial charge in [0.1, 0.15) is 6.07 Å². The van der Waals surface area contributed by atoms with Gasteiger partial charge < -0.3 is 4.90 Å². The summed E-state index contributed by atoms with van der Waals surface area (Å²) in [5, 5.41) is 9.46. The second-order valence-electron chi connectivity index (χ2n) is 5.49. The van der Waals surface area contributed by atoms with E-state index in [9.17, 15) is 0 Å². The monoisotopic (exact) mass is 262 g/mol. The topological polar surface area (TPSA) is 27.0 Å². The average molecular weight is 263 g/mol. The van der Waals surface area contributed by atoms with E-state index in [0.29, 0.717) is 28.5 Å². The fraction of sp³-hybridized carbons (Fsp3) is 0.533. The van der Waals surface area contributed by atoms with Crippen LogP contribution in [0.25, 0.3) is 0 Å². The van der Waals surface area contributed by atoms with E-state index >= 15 is 0 Å². The van der Waals surface area contributed by atoms with Crippen molar-refractivity contribution in [3.63, 3.8) is 0 Å². The van der Waals surface area contributed by atoms with Gasteiger partial charge in [0.15, 0.2) is 0 Å². The first-order chi connectivity index (χ1) is 8.52. The van der Waals surface area contributed by atoms with Crippen LogP contribution in [0.3, 0.4) is 0 Å². The number of benzene rings is 1. The summed E-state index contributed by atoms with van der Waals surface area (Å²) in [5.41, 5.74) is 1.68. The SMILES string of the molecule is CC1CC(C)C(C)N(c2ccc(C#N)c(Cl)c2)C1. The quantitative estimate of drug-likeness (QED) is 0.762. The molecule has 0 aromatic heterocycles. The first-order valence-electron chi connectivity index (χ1n) is 6.49. The molecule has 3 unspecified atom stereocenters. The predicted octanol–water partition coefficient (Wildman–Crippen LogP) is 4.08. The highest BCUT2D eigenvalue weighted by Gasteiger charge is 2.29. The van der Waals surface area contributed by atoms with Gasteiger partial charge in [-0.15, -0.1) is 0 Å². The van der Waals surface area contributed by atoms with Crippen LogP contribution in [-0.2, 0) is 0 Å². The number of anilines is 1. The number of hydrogen-bond acceptors (Lipinski definition) is 2. The minimum Gasteiger partial charge on any atom is -0.368 e. The van der Waals surface area contributed by atoms with E-state index in [4.69, 9.17) is 16.9 Å². The highest BCUT2D eigenvalue weighted by Crippen LogP contribution is 2.33. The maximum atomic E-state index is 8.91. The lowest BCUT2D eigenvalue weighted by molar-refractivity contribution is 0.297. The first-order valence-corrected chi connectivity index (χ1v) is 6.87. The van der Waals surface area contributed by atoms with Crippen molar-refractivity contribution in [1.29, 1.82) is 5.26 Å². The second kappa shape index (κ2) is 5.20. The Hall–Kier alpha value is -1.20. The summed E-state index contributed by atoms with van der Waals surface area (Å²) < 4.78 is 0. The fourth-order valence-corrected chi connectivity index (χ4v) is 3.05. The van der Waals surface area contributed by atoms with Crippen molar-refractivity contribution in [3.8, 4) is 6.07 Å². The molecule has 96 valence electrons. The number of piperidine rings is 1. The Kier molecular flexibility index (Phi) is 3.82. The number of rotatable bonds is 1. The molecular formula is C15H19ClN2. The van der Waals surface area contributed by atoms with Crippen molar-refractivity contribution < 1.29 is 0 Å². The summed E-state index contributed by atoms with van der Waals surface area (Å²) in [5.74, 6) is 1.38. The van der Waals surface area contributed by atoms with Gasteiger partial charge in [-0.05, 0) is 43.4 Å². The molecule has 1 aromatic carbocycles. The van der Waals surface area contributed by atoms with Crippen LogP contribution in [0.2, 0.25) is 5.02 Å². The Balaban J connectivity index is 2.30. The minimum absolute atomic E-state index is 0.519. The zero-order valence-corrected chi connectivity index (χ0v) is 11.9. The molecule has 1 saturated heterocycles. The van der Waals surface area contributed by atoms with Gasteiger partial charge in [0.05, 0.1) is 10.6 Å². The van der Waals surface area contributed by atoms with Gasteiger partial charge in [-0.1, -0.05) is 25.4 Å². The molecule has 0 amide bonds. The molecule has 18 heavy (non-hydrogen) atoms. The number of hydrogen-bond donors (Lipinski definition) is 0. The van der Waals surface area contributed by atoms with Crippen LogP contribution in [0.4, 0.5) is 5.69 Å². The lowest BCUT2D eigenvalue weighted by atomic mass is 9.85. The Morgan fingerprint density at radius 3 is 2.67 bits per heavy atom. The third-order valence-corrected chi connectivity index (χ3v) is 4.32. The molecule has 3 atom stereocenters. The summed E-state index contributed by atoms with van der Waals surface area (Å²) >= 11 is 6.12. The van der Waals surface area contributed by atoms with Crippen LogP contribution in [0.1, 0.15) is 32.8 Å². The van der Waals surface area contributed by atoms with Crippen LogP contribution in [0.5, 0.6) is 0 Å². The molecule has 1 fully saturated rings. The summed E-state index contributed by atoms with van der Waals surface area (Å²) in [6.45, 7) is 7.93. The van der Waals surface area contributed by atoms with Crippen molar-refractivity contribution >= 4 is 17.3 Å². The van der Waals surface area contributed by atoms with E-state index in [2.05, 4.69) is 31.7 Å². The molecule has 1 heterocycles. The molecule has 0 N–H and O–H groups in total. The molecule has 0 bridgehead atoms. The van der Waals surface area contributed by atoms with Crippen LogP contribution in [0, 0.1) is 23.2 Å². The Bertz CT molecular complexity index is 478. The summed E-state index contributed by atoms with van der Waals surface area (Å²) in [6, 6.07) is 8.36. The van der Waals surface area contributed by atoms with Crippen molar-refractivity contribution in [1.82, 2.24) is 0 Å². The van der Waals surface area contributed by atoms with Gasteiger partial charge >= 0.3 is 0 Å². The van der Waals surface area contributed by atoms with Crippen LogP contribution in [0.15, 0.2) is 18.2 Å². The summed E-state index contributed by atoms with van der Waals surface area (Å²) in [7, 11) is 0. The fourth-order valence-electron chi connectivity index (χ4n) is 2.83. The average Bonchev–Trinajstić information content (AvgIpc) is 2.33. The van der Waals surface area contributed by atoms with E-state index in [1.54, 1.807) is 0 Å². The molecule has 3 heteroatoms. The van der Waals surface area contributed by atoms with Crippen LogP contribution < -0.4 is 4.90 Å². The molecule has 1 aliphatic rings. The molecular weight excluding hydrogens is 244 g/mol. The lowest BCUT2D eigenvalue weighted by Gasteiger charge is -2.42. The van der Waals surface area contributed by atoms with Crippen LogP contribution in [-0.4, -0.2) is 12.6 Å². The van der Waals surface area contributed by atoms with Gasteiger partial charge in [0.2, 0.25) is 0 Å². The van der Waals surface area contributed by atoms with Crippen molar-refractivity contribution in [3.05, 3.63) is 28.8 Å². The maximum Gasteiger partial charge on any atom is 0.101 e.